The van der Waals surface area contributed by atoms with Gasteiger partial charge in [0.2, 0.25) is 0 Å². The van der Waals surface area contributed by atoms with Gasteiger partial charge in [0.25, 0.3) is 0 Å². The quantitative estimate of drug-likeness (QED) is 0.583. The number of nitrogens with one attached hydrogen (secondary N) is 1. The number of aromatic nitrogens is 4. The second kappa shape index (κ2) is 10.0. The second-order valence-electron chi connectivity index (χ2n) is 10.9. The Bertz CT molecular complexity index is 1270. The summed E-state index contributed by atoms with van der Waals surface area (Å²) >= 11 is 0. The number of morpholine rings is 1. The molecule has 37 heavy (non-hydrogen) atoms. The van der Waals surface area contributed by atoms with Gasteiger partial charge in [0.15, 0.2) is 0 Å². The van der Waals surface area contributed by atoms with E-state index in [0.717, 1.165) is 92.1 Å². The van der Waals surface area contributed by atoms with E-state index in [1.54, 1.807) is 6.20 Å². The first-order valence-electron chi connectivity index (χ1n) is 13.6. The molecule has 9 heteroatoms. The fourth-order valence-electron chi connectivity index (χ4n) is 6.42. The van der Waals surface area contributed by atoms with Gasteiger partial charge >= 0.3 is 0 Å². The number of pyridine rings is 2. The lowest BCUT2D eigenvalue weighted by Crippen LogP contribution is -2.51. The summed E-state index contributed by atoms with van der Waals surface area (Å²) in [5.41, 5.74) is 2.99. The number of likely N-dealkylation sites (N-methyl/N-ethyl adjacent to an activating group) is 1. The van der Waals surface area contributed by atoms with Gasteiger partial charge < -0.3 is 14.5 Å². The number of rotatable bonds is 4. The third-order valence-electron chi connectivity index (χ3n) is 8.72. The molecule has 3 aromatic heterocycles. The minimum atomic E-state index is -0.541. The van der Waals surface area contributed by atoms with Crippen LogP contribution in [0.25, 0.3) is 22.3 Å². The molecule has 0 radical (unpaired) electrons. The summed E-state index contributed by atoms with van der Waals surface area (Å²) < 4.78 is 5.71. The molecule has 0 unspecified atom stereocenters. The van der Waals surface area contributed by atoms with E-state index in [1.165, 1.54) is 0 Å². The van der Waals surface area contributed by atoms with Crippen molar-refractivity contribution < 1.29 is 4.74 Å². The molecule has 194 valence electrons. The zero-order valence-corrected chi connectivity index (χ0v) is 21.9. The van der Waals surface area contributed by atoms with Crippen LogP contribution in [-0.4, -0.2) is 95.0 Å². The largest absolute Gasteiger partial charge is 0.377 e. The molecule has 0 bridgehead atoms. The first-order valence-corrected chi connectivity index (χ1v) is 13.6. The van der Waals surface area contributed by atoms with Crippen molar-refractivity contribution in [2.45, 2.75) is 50.1 Å². The molecule has 6 rings (SSSR count). The van der Waals surface area contributed by atoms with Gasteiger partial charge in [-0.2, -0.15) is 10.4 Å². The lowest BCUT2D eigenvalue weighted by molar-refractivity contribution is 0.0818. The lowest BCUT2D eigenvalue weighted by atomic mass is 9.68. The van der Waals surface area contributed by atoms with Gasteiger partial charge in [0.05, 0.1) is 36.4 Å². The van der Waals surface area contributed by atoms with E-state index in [0.29, 0.717) is 19.3 Å². The highest BCUT2D eigenvalue weighted by Crippen LogP contribution is 2.45. The first kappa shape index (κ1) is 24.3. The number of hydrogen-bond acceptors (Lipinski definition) is 8. The Morgan fingerprint density at radius 1 is 1.11 bits per heavy atom. The number of nitriles is 1. The van der Waals surface area contributed by atoms with Crippen molar-refractivity contribution >= 4 is 16.7 Å². The molecule has 5 heterocycles. The molecular formula is C28H36N8O. The van der Waals surface area contributed by atoms with Gasteiger partial charge in [0.1, 0.15) is 17.0 Å². The van der Waals surface area contributed by atoms with Crippen LogP contribution in [0, 0.1) is 11.3 Å². The van der Waals surface area contributed by atoms with Crippen molar-refractivity contribution in [2.24, 2.45) is 0 Å². The molecule has 1 N–H and O–H groups in total. The predicted molar refractivity (Wildman–Crippen MR) is 143 cm³/mol. The molecular weight excluding hydrogens is 464 g/mol. The number of nitrogens with zero attached hydrogens (tertiary/aromatic N) is 7. The number of anilines is 1. The van der Waals surface area contributed by atoms with E-state index in [2.05, 4.69) is 51.0 Å². The van der Waals surface area contributed by atoms with Crippen LogP contribution in [0.2, 0.25) is 0 Å². The molecule has 0 aromatic carbocycles. The summed E-state index contributed by atoms with van der Waals surface area (Å²) in [6.45, 7) is 8.80. The average molecular weight is 501 g/mol. The van der Waals surface area contributed by atoms with E-state index < -0.39 is 5.41 Å². The summed E-state index contributed by atoms with van der Waals surface area (Å²) in [5, 5.41) is 19.0. The predicted octanol–water partition coefficient (Wildman–Crippen LogP) is 3.20. The first-order chi connectivity index (χ1) is 18.1. The Balaban J connectivity index is 1.42. The van der Waals surface area contributed by atoms with Crippen LogP contribution in [0.15, 0.2) is 30.6 Å². The minimum absolute atomic E-state index is 0.213. The fraction of sp³-hybridized carbons (Fsp3) is 0.571. The summed E-state index contributed by atoms with van der Waals surface area (Å²) in [7, 11) is 2.20. The lowest BCUT2D eigenvalue weighted by Gasteiger charge is -2.43. The zero-order chi connectivity index (χ0) is 25.4. The van der Waals surface area contributed by atoms with Crippen molar-refractivity contribution in [1.82, 2.24) is 30.0 Å². The van der Waals surface area contributed by atoms with Crippen LogP contribution in [0.3, 0.4) is 0 Å². The monoisotopic (exact) mass is 500 g/mol. The van der Waals surface area contributed by atoms with Crippen LogP contribution in [-0.2, 0) is 10.2 Å². The maximum Gasteiger partial charge on any atom is 0.130 e. The minimum Gasteiger partial charge on any atom is -0.377 e. The third kappa shape index (κ3) is 4.48. The highest BCUT2D eigenvalue weighted by molar-refractivity contribution is 5.94. The number of ether oxygens (including phenoxy) is 1. The van der Waals surface area contributed by atoms with Crippen LogP contribution < -0.4 is 4.90 Å². The Morgan fingerprint density at radius 2 is 1.92 bits per heavy atom. The molecule has 2 saturated heterocycles. The topological polar surface area (TPSA) is 97.2 Å². The number of piperazine rings is 1. The van der Waals surface area contributed by atoms with E-state index >= 15 is 0 Å². The number of fused-ring (bicyclic) bond motifs is 1. The summed E-state index contributed by atoms with van der Waals surface area (Å²) in [5.74, 6) is 0.905. The zero-order valence-electron chi connectivity index (χ0n) is 21.9. The molecule has 1 aliphatic carbocycles. The number of H-pyrrole nitrogens is 1. The second-order valence-corrected chi connectivity index (χ2v) is 10.9. The Morgan fingerprint density at radius 3 is 2.62 bits per heavy atom. The van der Waals surface area contributed by atoms with Gasteiger partial charge in [-0.15, -0.1) is 0 Å². The van der Waals surface area contributed by atoms with E-state index in [9.17, 15) is 5.26 Å². The normalized spacial score (nSPS) is 27.9. The van der Waals surface area contributed by atoms with Crippen molar-refractivity contribution in [3.63, 3.8) is 0 Å². The van der Waals surface area contributed by atoms with Gasteiger partial charge in [0, 0.05) is 56.5 Å². The van der Waals surface area contributed by atoms with Crippen molar-refractivity contribution in [3.8, 4) is 17.5 Å². The van der Waals surface area contributed by atoms with Gasteiger partial charge in [-0.05, 0) is 63.4 Å². The van der Waals surface area contributed by atoms with E-state index in [1.807, 2.05) is 18.3 Å². The van der Waals surface area contributed by atoms with Crippen molar-refractivity contribution in [3.05, 3.63) is 36.2 Å². The Hall–Kier alpha value is -3.06. The molecule has 1 saturated carbocycles. The van der Waals surface area contributed by atoms with Gasteiger partial charge in [-0.3, -0.25) is 15.0 Å². The maximum atomic E-state index is 10.7. The molecule has 3 aromatic rings. The van der Waals surface area contributed by atoms with Gasteiger partial charge in [-0.25, -0.2) is 4.98 Å². The Labute approximate surface area is 218 Å². The van der Waals surface area contributed by atoms with Gasteiger partial charge in [-0.1, -0.05) is 0 Å². The van der Waals surface area contributed by atoms with Crippen LogP contribution in [0.4, 0.5) is 5.82 Å². The number of hydrogen-bond donors (Lipinski definition) is 1. The fourth-order valence-corrected chi connectivity index (χ4v) is 6.42. The summed E-state index contributed by atoms with van der Waals surface area (Å²) in [6.07, 6.45) is 7.38. The molecule has 0 spiro atoms. The maximum absolute atomic E-state index is 10.7. The summed E-state index contributed by atoms with van der Waals surface area (Å²) in [6, 6.07) is 9.74. The molecule has 0 amide bonds. The smallest absolute Gasteiger partial charge is 0.130 e. The highest BCUT2D eigenvalue weighted by Gasteiger charge is 2.41. The highest BCUT2D eigenvalue weighted by atomic mass is 16.5. The average Bonchev–Trinajstić information content (AvgIpc) is 3.48. The molecule has 3 aliphatic rings. The standard InChI is InChI=1S/C28H36N8O/c1-20-18-37-16-15-36(20)25-17-23(22-5-9-30-27(26(22)32-25)24-6-10-31-33-24)28(19-29)7-3-21(4-8-28)35-13-11-34(2)12-14-35/h5-6,9-10,17,20-21H,3-4,7-8,11-16,18H2,1-2H3,(H,31,33)/t20-,21?,28?/m1/s1. The molecule has 1 atom stereocenters. The molecule has 2 aliphatic heterocycles. The van der Waals surface area contributed by atoms with Crippen LogP contribution in [0.5, 0.6) is 0 Å². The molecule has 9 nitrogen and oxygen atoms in total. The van der Waals surface area contributed by atoms with E-state index in [4.69, 9.17) is 14.7 Å². The van der Waals surface area contributed by atoms with Crippen molar-refractivity contribution in [1.29, 1.82) is 5.26 Å². The third-order valence-corrected chi connectivity index (χ3v) is 8.72. The van der Waals surface area contributed by atoms with Crippen molar-refractivity contribution in [2.75, 3.05) is 57.9 Å². The summed E-state index contributed by atoms with van der Waals surface area (Å²) in [4.78, 5) is 17.2. The molecule has 3 fully saturated rings. The Kier molecular flexibility index (Phi) is 6.57. The van der Waals surface area contributed by atoms with E-state index in [-0.39, 0.29) is 6.04 Å². The van der Waals surface area contributed by atoms with Crippen LogP contribution in [0.1, 0.15) is 38.2 Å². The number of aromatic amines is 1. The van der Waals surface area contributed by atoms with Crippen LogP contribution >= 0.6 is 0 Å². The SMILES string of the molecule is C[C@@H]1COCCN1c1cc(C2(C#N)CCC(N3CCN(C)CC3)CC2)c2ccnc(-c3ccn[nH]3)c2n1.